The molecular formula is C15H16N2O3. The lowest BCUT2D eigenvalue weighted by Crippen LogP contribution is -2.24. The number of ether oxygens (including phenoxy) is 1. The third-order valence-electron chi connectivity index (χ3n) is 3.16. The second-order valence-electron chi connectivity index (χ2n) is 4.45. The number of hydrogen-bond acceptors (Lipinski definition) is 3. The molecule has 0 aliphatic rings. The third-order valence-corrected chi connectivity index (χ3v) is 3.16. The fraction of sp³-hybridized carbons (Fsp3) is 0.200. The topological polar surface area (TPSA) is 60.3 Å². The molecule has 1 amide bonds. The number of benzene rings is 1. The van der Waals surface area contributed by atoms with Gasteiger partial charge in [0.05, 0.1) is 7.11 Å². The quantitative estimate of drug-likeness (QED) is 0.869. The van der Waals surface area contributed by atoms with Crippen LogP contribution in [0.15, 0.2) is 30.3 Å². The molecule has 2 aromatic rings. The number of hydrogen-bond donors (Lipinski definition) is 1. The van der Waals surface area contributed by atoms with Crippen LogP contribution in [0, 0.1) is 13.8 Å². The van der Waals surface area contributed by atoms with Crippen LogP contribution >= 0.6 is 0 Å². The molecule has 5 heteroatoms. The highest BCUT2D eigenvalue weighted by molar-refractivity contribution is 6.00. The van der Waals surface area contributed by atoms with E-state index in [4.69, 9.17) is 4.74 Å². The highest BCUT2D eigenvalue weighted by atomic mass is 16.5. The van der Waals surface area contributed by atoms with Gasteiger partial charge in [-0.25, -0.2) is 0 Å². The summed E-state index contributed by atoms with van der Waals surface area (Å²) >= 11 is 0. The van der Waals surface area contributed by atoms with Crippen molar-refractivity contribution in [3.8, 4) is 5.75 Å². The molecule has 1 aromatic carbocycles. The van der Waals surface area contributed by atoms with E-state index in [1.807, 2.05) is 6.92 Å². The zero-order chi connectivity index (χ0) is 14.7. The van der Waals surface area contributed by atoms with E-state index < -0.39 is 0 Å². The number of methoxy groups -OCH3 is 1. The van der Waals surface area contributed by atoms with Crippen molar-refractivity contribution in [2.45, 2.75) is 13.8 Å². The summed E-state index contributed by atoms with van der Waals surface area (Å²) in [5.41, 5.74) is 5.36. The first kappa shape index (κ1) is 13.9. The van der Waals surface area contributed by atoms with E-state index in [1.165, 1.54) is 0 Å². The van der Waals surface area contributed by atoms with Crippen LogP contribution in [0.25, 0.3) is 0 Å². The van der Waals surface area contributed by atoms with E-state index >= 15 is 0 Å². The minimum Gasteiger partial charge on any atom is -0.497 e. The lowest BCUT2D eigenvalue weighted by Gasteiger charge is -2.11. The van der Waals surface area contributed by atoms with E-state index in [0.717, 1.165) is 12.0 Å². The molecule has 0 atom stereocenters. The molecule has 104 valence electrons. The van der Waals surface area contributed by atoms with E-state index in [0.29, 0.717) is 22.6 Å². The van der Waals surface area contributed by atoms with Crippen molar-refractivity contribution >= 4 is 12.2 Å². The molecule has 0 unspecified atom stereocenters. The summed E-state index contributed by atoms with van der Waals surface area (Å²) in [6, 6.07) is 8.55. The molecule has 2 rings (SSSR count). The summed E-state index contributed by atoms with van der Waals surface area (Å²) in [7, 11) is 1.57. The van der Waals surface area contributed by atoms with Gasteiger partial charge < -0.3 is 4.74 Å². The molecule has 20 heavy (non-hydrogen) atoms. The second-order valence-corrected chi connectivity index (χ2v) is 4.45. The Morgan fingerprint density at radius 1 is 1.25 bits per heavy atom. The molecule has 0 aliphatic carbocycles. The lowest BCUT2D eigenvalue weighted by molar-refractivity contribution is 0.101. The van der Waals surface area contributed by atoms with Crippen LogP contribution in [0.2, 0.25) is 0 Å². The first-order valence-electron chi connectivity index (χ1n) is 6.16. The Morgan fingerprint density at radius 2 is 1.90 bits per heavy atom. The normalized spacial score (nSPS) is 10.2. The van der Waals surface area contributed by atoms with Gasteiger partial charge in [-0.1, -0.05) is 0 Å². The predicted octanol–water partition coefficient (Wildman–Crippen LogP) is 2.31. The average molecular weight is 272 g/mol. The second kappa shape index (κ2) is 5.61. The first-order valence-corrected chi connectivity index (χ1v) is 6.16. The minimum atomic E-state index is -0.244. The Balaban J connectivity index is 2.23. The van der Waals surface area contributed by atoms with Crippen molar-refractivity contribution in [1.29, 1.82) is 0 Å². The number of nitrogens with zero attached hydrogens (tertiary/aromatic N) is 1. The highest BCUT2D eigenvalue weighted by Gasteiger charge is 2.12. The van der Waals surface area contributed by atoms with Crippen molar-refractivity contribution in [3.63, 3.8) is 0 Å². The predicted molar refractivity (Wildman–Crippen MR) is 76.0 cm³/mol. The molecule has 1 N–H and O–H groups in total. The number of carbonyl (C=O) groups excluding carboxylic acids is 2. The Kier molecular flexibility index (Phi) is 3.89. The molecule has 0 saturated carbocycles. The zero-order valence-electron chi connectivity index (χ0n) is 11.6. The fourth-order valence-corrected chi connectivity index (χ4v) is 1.99. The molecular weight excluding hydrogens is 256 g/mol. The number of amides is 1. The van der Waals surface area contributed by atoms with Crippen LogP contribution < -0.4 is 10.2 Å². The van der Waals surface area contributed by atoms with Gasteiger partial charge in [-0.3, -0.25) is 19.7 Å². The summed E-state index contributed by atoms with van der Waals surface area (Å²) in [5, 5.41) is 0. The van der Waals surface area contributed by atoms with Crippen LogP contribution in [0.5, 0.6) is 5.75 Å². The van der Waals surface area contributed by atoms with Crippen molar-refractivity contribution in [2.24, 2.45) is 0 Å². The number of aryl methyl sites for hydroxylation is 1. The van der Waals surface area contributed by atoms with E-state index in [-0.39, 0.29) is 5.91 Å². The molecule has 1 heterocycles. The number of aromatic nitrogens is 1. The van der Waals surface area contributed by atoms with Crippen LogP contribution in [0.4, 0.5) is 0 Å². The number of carbonyl (C=O) groups is 2. The molecule has 0 aliphatic heterocycles. The maximum absolute atomic E-state index is 12.2. The molecule has 0 bridgehead atoms. The Labute approximate surface area is 117 Å². The molecule has 1 aromatic heterocycles. The third kappa shape index (κ3) is 2.56. The summed E-state index contributed by atoms with van der Waals surface area (Å²) in [6.45, 7) is 3.61. The lowest BCUT2D eigenvalue weighted by atomic mass is 10.2. The molecule has 0 saturated heterocycles. The van der Waals surface area contributed by atoms with Gasteiger partial charge in [0.25, 0.3) is 5.91 Å². The molecule has 5 nitrogen and oxygen atoms in total. The standard InChI is InChI=1S/C15H16N2O3/c1-10-8-13(9-18)11(2)17(10)16-15(19)12-4-6-14(20-3)7-5-12/h4-9H,1-3H3,(H,16,19). The smallest absolute Gasteiger partial charge is 0.270 e. The number of nitrogens with one attached hydrogen (secondary N) is 1. The van der Waals surface area contributed by atoms with Crippen LogP contribution in [-0.2, 0) is 0 Å². The van der Waals surface area contributed by atoms with Crippen molar-refractivity contribution in [1.82, 2.24) is 4.68 Å². The van der Waals surface area contributed by atoms with E-state index in [9.17, 15) is 9.59 Å². The van der Waals surface area contributed by atoms with Crippen LogP contribution in [-0.4, -0.2) is 24.0 Å². The SMILES string of the molecule is COc1ccc(C(=O)Nn2c(C)cc(C=O)c2C)cc1. The summed E-state index contributed by atoms with van der Waals surface area (Å²) in [5.74, 6) is 0.449. The minimum absolute atomic E-state index is 0.244. The summed E-state index contributed by atoms with van der Waals surface area (Å²) in [4.78, 5) is 23.0. The van der Waals surface area contributed by atoms with Gasteiger partial charge >= 0.3 is 0 Å². The zero-order valence-corrected chi connectivity index (χ0v) is 11.6. The van der Waals surface area contributed by atoms with Gasteiger partial charge in [0.15, 0.2) is 6.29 Å². The van der Waals surface area contributed by atoms with Crippen molar-refractivity contribution in [2.75, 3.05) is 12.5 Å². The van der Waals surface area contributed by atoms with Crippen LogP contribution in [0.3, 0.4) is 0 Å². The molecule has 0 spiro atoms. The molecule has 0 fully saturated rings. The maximum Gasteiger partial charge on any atom is 0.270 e. The van der Waals surface area contributed by atoms with Gasteiger partial charge in [0.1, 0.15) is 5.75 Å². The Bertz CT molecular complexity index is 642. The Morgan fingerprint density at radius 3 is 2.40 bits per heavy atom. The van der Waals surface area contributed by atoms with Gasteiger partial charge in [-0.05, 0) is 44.2 Å². The van der Waals surface area contributed by atoms with Gasteiger partial charge in [-0.2, -0.15) is 0 Å². The molecule has 0 radical (unpaired) electrons. The van der Waals surface area contributed by atoms with Gasteiger partial charge in [0.2, 0.25) is 0 Å². The number of aldehydes is 1. The van der Waals surface area contributed by atoms with Crippen molar-refractivity contribution < 1.29 is 14.3 Å². The monoisotopic (exact) mass is 272 g/mol. The van der Waals surface area contributed by atoms with Crippen molar-refractivity contribution in [3.05, 3.63) is 52.8 Å². The average Bonchev–Trinajstić information content (AvgIpc) is 2.74. The van der Waals surface area contributed by atoms with Gasteiger partial charge in [-0.15, -0.1) is 0 Å². The summed E-state index contributed by atoms with van der Waals surface area (Å²) in [6.07, 6.45) is 0.776. The van der Waals surface area contributed by atoms with Gasteiger partial charge in [0, 0.05) is 22.5 Å². The maximum atomic E-state index is 12.2. The fourth-order valence-electron chi connectivity index (χ4n) is 1.99. The largest absolute Gasteiger partial charge is 0.497 e. The van der Waals surface area contributed by atoms with Crippen LogP contribution in [0.1, 0.15) is 32.1 Å². The van der Waals surface area contributed by atoms with E-state index in [1.54, 1.807) is 49.0 Å². The summed E-state index contributed by atoms with van der Waals surface area (Å²) < 4.78 is 6.65. The first-order chi connectivity index (χ1) is 9.56. The number of rotatable bonds is 4. The Hall–Kier alpha value is -2.56. The highest BCUT2D eigenvalue weighted by Crippen LogP contribution is 2.14. The van der Waals surface area contributed by atoms with E-state index in [2.05, 4.69) is 5.43 Å².